The fourth-order valence-corrected chi connectivity index (χ4v) is 1.50. The van der Waals surface area contributed by atoms with Gasteiger partial charge in [0.05, 0.1) is 11.9 Å². The van der Waals surface area contributed by atoms with E-state index in [0.717, 1.165) is 18.1 Å². The lowest BCUT2D eigenvalue weighted by Crippen LogP contribution is -2.08. The maximum Gasteiger partial charge on any atom is 0.144 e. The van der Waals surface area contributed by atoms with Gasteiger partial charge in [-0.2, -0.15) is 0 Å². The first-order valence-electron chi connectivity index (χ1n) is 5.21. The summed E-state index contributed by atoms with van der Waals surface area (Å²) in [6.07, 6.45) is 7.56. The molecule has 0 bridgehead atoms. The fraction of sp³-hybridized carbons (Fsp3) is 0.636. The largest absolute Gasteiger partial charge is 0.369 e. The molecule has 0 aromatic carbocycles. The highest BCUT2D eigenvalue weighted by atomic mass is 15.0. The molecule has 76 valence electrons. The summed E-state index contributed by atoms with van der Waals surface area (Å²) in [6, 6.07) is 0. The topological polar surface area (TPSA) is 37.8 Å². The second kappa shape index (κ2) is 3.56. The minimum absolute atomic E-state index is 0.615. The Bertz CT molecular complexity index is 318. The molecule has 0 spiro atoms. The fourth-order valence-electron chi connectivity index (χ4n) is 1.50. The summed E-state index contributed by atoms with van der Waals surface area (Å²) < 4.78 is 0. The van der Waals surface area contributed by atoms with Crippen molar-refractivity contribution < 1.29 is 0 Å². The van der Waals surface area contributed by atoms with Crippen LogP contribution in [-0.2, 0) is 0 Å². The van der Waals surface area contributed by atoms with Gasteiger partial charge in [-0.25, -0.2) is 4.98 Å². The first-order chi connectivity index (χ1) is 6.68. The van der Waals surface area contributed by atoms with E-state index in [1.54, 1.807) is 12.4 Å². The van der Waals surface area contributed by atoms with E-state index >= 15 is 0 Å². The van der Waals surface area contributed by atoms with Gasteiger partial charge < -0.3 is 5.32 Å². The number of aryl methyl sites for hydroxylation is 1. The van der Waals surface area contributed by atoms with Crippen molar-refractivity contribution in [2.24, 2.45) is 5.41 Å². The van der Waals surface area contributed by atoms with E-state index in [2.05, 4.69) is 22.2 Å². The number of nitrogens with one attached hydrogen (secondary N) is 1. The van der Waals surface area contributed by atoms with Gasteiger partial charge in [-0.3, -0.25) is 4.98 Å². The third-order valence-electron chi connectivity index (χ3n) is 2.89. The van der Waals surface area contributed by atoms with Crippen LogP contribution in [-0.4, -0.2) is 16.5 Å². The average Bonchev–Trinajstić information content (AvgIpc) is 2.84. The summed E-state index contributed by atoms with van der Waals surface area (Å²) in [5, 5.41) is 3.31. The standard InChI is InChI=1S/C11H17N3/c1-9-7-12-8-10(14-9)13-6-5-11(2)3-4-11/h7-8H,3-6H2,1-2H3,(H,13,14). The number of aromatic nitrogens is 2. The number of hydrogen-bond donors (Lipinski definition) is 1. The molecular formula is C11H17N3. The third-order valence-corrected chi connectivity index (χ3v) is 2.89. The van der Waals surface area contributed by atoms with Gasteiger partial charge in [0.25, 0.3) is 0 Å². The molecule has 1 aliphatic carbocycles. The van der Waals surface area contributed by atoms with Gasteiger partial charge >= 0.3 is 0 Å². The Balaban J connectivity index is 1.80. The number of hydrogen-bond acceptors (Lipinski definition) is 3. The molecule has 0 amide bonds. The summed E-state index contributed by atoms with van der Waals surface area (Å²) >= 11 is 0. The van der Waals surface area contributed by atoms with Gasteiger partial charge in [-0.15, -0.1) is 0 Å². The minimum Gasteiger partial charge on any atom is -0.369 e. The van der Waals surface area contributed by atoms with E-state index < -0.39 is 0 Å². The van der Waals surface area contributed by atoms with E-state index in [4.69, 9.17) is 0 Å². The molecular weight excluding hydrogens is 174 g/mol. The van der Waals surface area contributed by atoms with Crippen LogP contribution >= 0.6 is 0 Å². The SMILES string of the molecule is Cc1cncc(NCCC2(C)CC2)n1. The first-order valence-corrected chi connectivity index (χ1v) is 5.21. The molecule has 2 rings (SSSR count). The van der Waals surface area contributed by atoms with Gasteiger partial charge in [0.2, 0.25) is 0 Å². The molecule has 3 nitrogen and oxygen atoms in total. The molecule has 1 N–H and O–H groups in total. The summed E-state index contributed by atoms with van der Waals surface area (Å²) in [6.45, 7) is 5.31. The smallest absolute Gasteiger partial charge is 0.144 e. The zero-order valence-electron chi connectivity index (χ0n) is 8.88. The molecule has 1 aliphatic rings. The van der Waals surface area contributed by atoms with Crippen molar-refractivity contribution in [1.29, 1.82) is 0 Å². The normalized spacial score (nSPS) is 17.9. The highest BCUT2D eigenvalue weighted by molar-refractivity contribution is 5.31. The Morgan fingerprint density at radius 2 is 2.21 bits per heavy atom. The van der Waals surface area contributed by atoms with E-state index in [9.17, 15) is 0 Å². The lowest BCUT2D eigenvalue weighted by atomic mass is 10.1. The van der Waals surface area contributed by atoms with Crippen molar-refractivity contribution in [1.82, 2.24) is 9.97 Å². The van der Waals surface area contributed by atoms with Crippen molar-refractivity contribution in [3.05, 3.63) is 18.1 Å². The molecule has 0 saturated heterocycles. The van der Waals surface area contributed by atoms with Crippen molar-refractivity contribution in [3.63, 3.8) is 0 Å². The lowest BCUT2D eigenvalue weighted by Gasteiger charge is -2.09. The van der Waals surface area contributed by atoms with E-state index in [-0.39, 0.29) is 0 Å². The summed E-state index contributed by atoms with van der Waals surface area (Å²) in [5.74, 6) is 0.897. The highest BCUT2D eigenvalue weighted by Gasteiger charge is 2.36. The van der Waals surface area contributed by atoms with Gasteiger partial charge in [-0.1, -0.05) is 6.92 Å². The second-order valence-electron chi connectivity index (χ2n) is 4.53. The molecule has 0 radical (unpaired) electrons. The van der Waals surface area contributed by atoms with Gasteiger partial charge in [0.15, 0.2) is 0 Å². The average molecular weight is 191 g/mol. The quantitative estimate of drug-likeness (QED) is 0.794. The van der Waals surface area contributed by atoms with Crippen molar-refractivity contribution in [2.45, 2.75) is 33.1 Å². The predicted molar refractivity (Wildman–Crippen MR) is 57.2 cm³/mol. The summed E-state index contributed by atoms with van der Waals surface area (Å²) in [5.41, 5.74) is 1.58. The van der Waals surface area contributed by atoms with Crippen LogP contribution < -0.4 is 5.32 Å². The molecule has 14 heavy (non-hydrogen) atoms. The lowest BCUT2D eigenvalue weighted by molar-refractivity contribution is 0.536. The summed E-state index contributed by atoms with van der Waals surface area (Å²) in [7, 11) is 0. The Hall–Kier alpha value is -1.12. The van der Waals surface area contributed by atoms with Crippen LogP contribution in [0.3, 0.4) is 0 Å². The van der Waals surface area contributed by atoms with Crippen LogP contribution in [0.15, 0.2) is 12.4 Å². The monoisotopic (exact) mass is 191 g/mol. The Morgan fingerprint density at radius 3 is 2.86 bits per heavy atom. The molecule has 1 fully saturated rings. The number of nitrogens with zero attached hydrogens (tertiary/aromatic N) is 2. The van der Waals surface area contributed by atoms with Crippen LogP contribution in [0.25, 0.3) is 0 Å². The molecule has 0 unspecified atom stereocenters. The molecule has 1 aromatic rings. The van der Waals surface area contributed by atoms with Gasteiger partial charge in [0, 0.05) is 12.7 Å². The third kappa shape index (κ3) is 2.44. The predicted octanol–water partition coefficient (Wildman–Crippen LogP) is 2.39. The Labute approximate surface area is 85.0 Å². The van der Waals surface area contributed by atoms with E-state index in [1.807, 2.05) is 6.92 Å². The van der Waals surface area contributed by atoms with Crippen LogP contribution in [0.1, 0.15) is 31.9 Å². The molecule has 3 heteroatoms. The zero-order valence-corrected chi connectivity index (χ0v) is 8.88. The van der Waals surface area contributed by atoms with E-state index in [0.29, 0.717) is 5.41 Å². The maximum atomic E-state index is 4.34. The van der Waals surface area contributed by atoms with Gasteiger partial charge in [-0.05, 0) is 31.6 Å². The van der Waals surface area contributed by atoms with Crippen LogP contribution in [0.5, 0.6) is 0 Å². The number of rotatable bonds is 4. The van der Waals surface area contributed by atoms with E-state index in [1.165, 1.54) is 19.3 Å². The van der Waals surface area contributed by atoms with Gasteiger partial charge in [0.1, 0.15) is 5.82 Å². The molecule has 1 aromatic heterocycles. The molecule has 1 heterocycles. The maximum absolute atomic E-state index is 4.34. The highest BCUT2D eigenvalue weighted by Crippen LogP contribution is 2.47. The Kier molecular flexibility index (Phi) is 2.40. The van der Waals surface area contributed by atoms with Crippen LogP contribution in [0, 0.1) is 12.3 Å². The first kappa shape index (κ1) is 9.44. The van der Waals surface area contributed by atoms with Crippen molar-refractivity contribution >= 4 is 5.82 Å². The Morgan fingerprint density at radius 1 is 1.43 bits per heavy atom. The second-order valence-corrected chi connectivity index (χ2v) is 4.53. The molecule has 0 atom stereocenters. The summed E-state index contributed by atoms with van der Waals surface area (Å²) in [4.78, 5) is 8.43. The van der Waals surface area contributed by atoms with Crippen molar-refractivity contribution in [2.75, 3.05) is 11.9 Å². The van der Waals surface area contributed by atoms with Crippen LogP contribution in [0.2, 0.25) is 0 Å². The zero-order chi connectivity index (χ0) is 10.0. The van der Waals surface area contributed by atoms with Crippen LogP contribution in [0.4, 0.5) is 5.82 Å². The minimum atomic E-state index is 0.615. The molecule has 1 saturated carbocycles. The molecule has 0 aliphatic heterocycles. The van der Waals surface area contributed by atoms with Crippen molar-refractivity contribution in [3.8, 4) is 0 Å². The number of anilines is 1.